The monoisotopic (exact) mass is 183 g/mol. The van der Waals surface area contributed by atoms with Gasteiger partial charge in [0.25, 0.3) is 0 Å². The number of rotatable bonds is 5. The third kappa shape index (κ3) is 3.47. The Kier molecular flexibility index (Phi) is 4.43. The van der Waals surface area contributed by atoms with Gasteiger partial charge in [0.2, 0.25) is 0 Å². The van der Waals surface area contributed by atoms with Gasteiger partial charge in [-0.1, -0.05) is 39.0 Å². The summed E-state index contributed by atoms with van der Waals surface area (Å²) in [6.45, 7) is 2.07. The predicted molar refractivity (Wildman–Crippen MR) is 54.5 cm³/mol. The van der Waals surface area contributed by atoms with E-state index in [1.165, 1.54) is 25.7 Å². The molecule has 1 atom stereocenters. The number of carbonyl (C=O) groups is 1. The molecule has 0 saturated heterocycles. The zero-order valence-electron chi connectivity index (χ0n) is 8.59. The van der Waals surface area contributed by atoms with Gasteiger partial charge in [-0.2, -0.15) is 0 Å². The molecule has 1 rings (SSSR count). The number of nitrogens with two attached hydrogens (primary N) is 1. The SMILES string of the molecule is CCCC(N)C(=O)CC1CCCC1. The lowest BCUT2D eigenvalue weighted by molar-refractivity contribution is -0.121. The van der Waals surface area contributed by atoms with Gasteiger partial charge in [0, 0.05) is 6.42 Å². The summed E-state index contributed by atoms with van der Waals surface area (Å²) in [5.41, 5.74) is 5.76. The fourth-order valence-corrected chi connectivity index (χ4v) is 2.12. The van der Waals surface area contributed by atoms with Crippen LogP contribution in [-0.2, 0) is 4.79 Å². The van der Waals surface area contributed by atoms with Crippen molar-refractivity contribution in [3.63, 3.8) is 0 Å². The summed E-state index contributed by atoms with van der Waals surface area (Å²) in [5.74, 6) is 0.934. The maximum absolute atomic E-state index is 11.6. The molecule has 1 aliphatic carbocycles. The summed E-state index contributed by atoms with van der Waals surface area (Å²) in [6.07, 6.45) is 7.70. The van der Waals surface area contributed by atoms with Gasteiger partial charge in [0.1, 0.15) is 5.78 Å². The van der Waals surface area contributed by atoms with E-state index < -0.39 is 0 Å². The third-order valence-corrected chi connectivity index (χ3v) is 2.98. The highest BCUT2D eigenvalue weighted by Gasteiger charge is 2.21. The first-order valence-electron chi connectivity index (χ1n) is 5.52. The molecular formula is C11H21NO. The van der Waals surface area contributed by atoms with Crippen molar-refractivity contribution < 1.29 is 4.79 Å². The molecule has 0 bridgehead atoms. The second-order valence-corrected chi connectivity index (χ2v) is 4.22. The van der Waals surface area contributed by atoms with Gasteiger partial charge < -0.3 is 5.73 Å². The molecular weight excluding hydrogens is 162 g/mol. The predicted octanol–water partition coefficient (Wildman–Crippen LogP) is 2.26. The van der Waals surface area contributed by atoms with Gasteiger partial charge in [-0.05, 0) is 12.3 Å². The van der Waals surface area contributed by atoms with E-state index in [2.05, 4.69) is 6.92 Å². The molecule has 0 spiro atoms. The Labute approximate surface area is 80.9 Å². The van der Waals surface area contributed by atoms with Crippen molar-refractivity contribution in [1.82, 2.24) is 0 Å². The molecule has 0 aromatic heterocycles. The van der Waals surface area contributed by atoms with E-state index in [1.807, 2.05) is 0 Å². The highest BCUT2D eigenvalue weighted by atomic mass is 16.1. The standard InChI is InChI=1S/C11H21NO/c1-2-5-10(12)11(13)8-9-6-3-4-7-9/h9-10H,2-8,12H2,1H3. The Balaban J connectivity index is 2.22. The summed E-state index contributed by atoms with van der Waals surface area (Å²) < 4.78 is 0. The molecule has 0 aromatic rings. The lowest BCUT2D eigenvalue weighted by Gasteiger charge is -2.12. The van der Waals surface area contributed by atoms with Crippen LogP contribution in [0.3, 0.4) is 0 Å². The minimum absolute atomic E-state index is 0.189. The number of carbonyl (C=O) groups excluding carboxylic acids is 1. The van der Waals surface area contributed by atoms with E-state index in [1.54, 1.807) is 0 Å². The second kappa shape index (κ2) is 5.38. The van der Waals surface area contributed by atoms with E-state index in [-0.39, 0.29) is 11.8 Å². The van der Waals surface area contributed by atoms with Crippen molar-refractivity contribution in [3.05, 3.63) is 0 Å². The van der Waals surface area contributed by atoms with E-state index in [0.717, 1.165) is 19.3 Å². The average molecular weight is 183 g/mol. The minimum Gasteiger partial charge on any atom is -0.322 e. The Morgan fingerprint density at radius 1 is 1.46 bits per heavy atom. The smallest absolute Gasteiger partial charge is 0.149 e. The van der Waals surface area contributed by atoms with Gasteiger partial charge in [0.15, 0.2) is 0 Å². The average Bonchev–Trinajstić information content (AvgIpc) is 2.57. The van der Waals surface area contributed by atoms with Crippen LogP contribution in [-0.4, -0.2) is 11.8 Å². The molecule has 76 valence electrons. The molecule has 1 aliphatic rings. The zero-order valence-corrected chi connectivity index (χ0v) is 8.59. The van der Waals surface area contributed by atoms with Crippen molar-refractivity contribution in [1.29, 1.82) is 0 Å². The van der Waals surface area contributed by atoms with Crippen molar-refractivity contribution in [2.45, 2.75) is 57.9 Å². The second-order valence-electron chi connectivity index (χ2n) is 4.22. The van der Waals surface area contributed by atoms with Crippen LogP contribution in [0.5, 0.6) is 0 Å². The Morgan fingerprint density at radius 3 is 2.62 bits per heavy atom. The Bertz CT molecular complexity index is 161. The van der Waals surface area contributed by atoms with Crippen LogP contribution in [0.1, 0.15) is 51.9 Å². The van der Waals surface area contributed by atoms with Crippen molar-refractivity contribution in [3.8, 4) is 0 Å². The van der Waals surface area contributed by atoms with Gasteiger partial charge in [-0.15, -0.1) is 0 Å². The molecule has 0 heterocycles. The highest BCUT2D eigenvalue weighted by molar-refractivity contribution is 5.83. The van der Waals surface area contributed by atoms with Gasteiger partial charge in [-0.3, -0.25) is 4.79 Å². The number of ketones is 1. The molecule has 0 amide bonds. The molecule has 0 aliphatic heterocycles. The number of Topliss-reactive ketones (excluding diaryl/α,β-unsaturated/α-hetero) is 1. The van der Waals surface area contributed by atoms with Crippen molar-refractivity contribution >= 4 is 5.78 Å². The van der Waals surface area contributed by atoms with Crippen LogP contribution in [0.15, 0.2) is 0 Å². The first kappa shape index (κ1) is 10.7. The van der Waals surface area contributed by atoms with E-state index in [0.29, 0.717) is 5.92 Å². The van der Waals surface area contributed by atoms with Gasteiger partial charge >= 0.3 is 0 Å². The van der Waals surface area contributed by atoms with E-state index in [9.17, 15) is 4.79 Å². The van der Waals surface area contributed by atoms with Crippen LogP contribution < -0.4 is 5.73 Å². The van der Waals surface area contributed by atoms with Crippen LogP contribution in [0.4, 0.5) is 0 Å². The molecule has 2 heteroatoms. The fourth-order valence-electron chi connectivity index (χ4n) is 2.12. The van der Waals surface area contributed by atoms with Crippen molar-refractivity contribution in [2.24, 2.45) is 11.7 Å². The van der Waals surface area contributed by atoms with E-state index in [4.69, 9.17) is 5.73 Å². The highest BCUT2D eigenvalue weighted by Crippen LogP contribution is 2.28. The maximum atomic E-state index is 11.6. The van der Waals surface area contributed by atoms with Crippen LogP contribution in [0.25, 0.3) is 0 Å². The first-order chi connectivity index (χ1) is 6.24. The lowest BCUT2D eigenvalue weighted by Crippen LogP contribution is -2.31. The molecule has 2 N–H and O–H groups in total. The van der Waals surface area contributed by atoms with Crippen LogP contribution >= 0.6 is 0 Å². The Hall–Kier alpha value is -0.370. The minimum atomic E-state index is -0.189. The summed E-state index contributed by atoms with van der Waals surface area (Å²) >= 11 is 0. The lowest BCUT2D eigenvalue weighted by atomic mass is 9.96. The fraction of sp³-hybridized carbons (Fsp3) is 0.909. The summed E-state index contributed by atoms with van der Waals surface area (Å²) in [4.78, 5) is 11.6. The van der Waals surface area contributed by atoms with Crippen LogP contribution in [0.2, 0.25) is 0 Å². The molecule has 2 nitrogen and oxygen atoms in total. The number of hydrogen-bond acceptors (Lipinski definition) is 2. The summed E-state index contributed by atoms with van der Waals surface area (Å²) in [7, 11) is 0. The first-order valence-corrected chi connectivity index (χ1v) is 5.52. The summed E-state index contributed by atoms with van der Waals surface area (Å²) in [5, 5.41) is 0. The van der Waals surface area contributed by atoms with Gasteiger partial charge in [0.05, 0.1) is 6.04 Å². The van der Waals surface area contributed by atoms with Crippen LogP contribution in [0, 0.1) is 5.92 Å². The molecule has 0 aromatic carbocycles. The topological polar surface area (TPSA) is 43.1 Å². The Morgan fingerprint density at radius 2 is 2.08 bits per heavy atom. The molecule has 0 radical (unpaired) electrons. The molecule has 1 saturated carbocycles. The van der Waals surface area contributed by atoms with Crippen molar-refractivity contribution in [2.75, 3.05) is 0 Å². The number of hydrogen-bond donors (Lipinski definition) is 1. The zero-order chi connectivity index (χ0) is 9.68. The van der Waals surface area contributed by atoms with Gasteiger partial charge in [-0.25, -0.2) is 0 Å². The summed E-state index contributed by atoms with van der Waals surface area (Å²) in [6, 6.07) is -0.189. The molecule has 1 fully saturated rings. The molecule has 1 unspecified atom stereocenters. The quantitative estimate of drug-likeness (QED) is 0.710. The molecule has 13 heavy (non-hydrogen) atoms. The van der Waals surface area contributed by atoms with E-state index >= 15 is 0 Å². The maximum Gasteiger partial charge on any atom is 0.149 e. The normalized spacial score (nSPS) is 20.5. The largest absolute Gasteiger partial charge is 0.322 e. The third-order valence-electron chi connectivity index (χ3n) is 2.98.